The van der Waals surface area contributed by atoms with Crippen molar-refractivity contribution < 1.29 is 14.3 Å². The van der Waals surface area contributed by atoms with Crippen LogP contribution in [0, 0.1) is 0 Å². The van der Waals surface area contributed by atoms with Crippen LogP contribution in [0.5, 0.6) is 11.5 Å². The molecule has 3 aromatic rings. The Kier molecular flexibility index (Phi) is 6.05. The molecule has 5 nitrogen and oxygen atoms in total. The Balaban J connectivity index is 1.70. The van der Waals surface area contributed by atoms with Gasteiger partial charge >= 0.3 is 0 Å². The van der Waals surface area contributed by atoms with Gasteiger partial charge in [0.2, 0.25) is 0 Å². The Labute approximate surface area is 158 Å². The lowest BCUT2D eigenvalue weighted by molar-refractivity contribution is 0.0955. The number of benzene rings is 3. The maximum atomic E-state index is 12.3. The van der Waals surface area contributed by atoms with E-state index in [9.17, 15) is 4.79 Å². The van der Waals surface area contributed by atoms with E-state index in [1.807, 2.05) is 68.4 Å². The van der Waals surface area contributed by atoms with E-state index in [1.165, 1.54) is 0 Å². The normalized spacial score (nSPS) is 10.9. The summed E-state index contributed by atoms with van der Waals surface area (Å²) in [7, 11) is 0. The predicted molar refractivity (Wildman–Crippen MR) is 108 cm³/mol. The summed E-state index contributed by atoms with van der Waals surface area (Å²) in [5.41, 5.74) is 3.93. The fraction of sp³-hybridized carbons (Fsp3) is 0.182. The summed E-state index contributed by atoms with van der Waals surface area (Å²) in [5.74, 6) is 1.09. The minimum absolute atomic E-state index is 0.257. The smallest absolute Gasteiger partial charge is 0.271 e. The fourth-order valence-corrected chi connectivity index (χ4v) is 2.71. The van der Waals surface area contributed by atoms with Gasteiger partial charge in [-0.3, -0.25) is 4.79 Å². The van der Waals surface area contributed by atoms with Crippen LogP contribution in [-0.2, 0) is 0 Å². The molecule has 1 amide bonds. The van der Waals surface area contributed by atoms with E-state index in [1.54, 1.807) is 12.3 Å². The lowest BCUT2D eigenvalue weighted by atomic mass is 10.1. The number of amides is 1. The molecule has 3 rings (SSSR count). The van der Waals surface area contributed by atoms with Crippen LogP contribution in [0.3, 0.4) is 0 Å². The van der Waals surface area contributed by atoms with Crippen molar-refractivity contribution in [2.24, 2.45) is 5.10 Å². The quantitative estimate of drug-likeness (QED) is 0.500. The van der Waals surface area contributed by atoms with Crippen molar-refractivity contribution >= 4 is 22.9 Å². The second-order valence-electron chi connectivity index (χ2n) is 5.83. The topological polar surface area (TPSA) is 59.9 Å². The number of carbonyl (C=O) groups excluding carboxylic acids is 1. The highest BCUT2D eigenvalue weighted by atomic mass is 16.5. The number of hydrogen-bond donors (Lipinski definition) is 1. The van der Waals surface area contributed by atoms with Gasteiger partial charge in [-0.2, -0.15) is 5.10 Å². The molecule has 0 unspecified atom stereocenters. The zero-order valence-electron chi connectivity index (χ0n) is 15.4. The molecule has 0 aliphatic heterocycles. The first-order valence-electron chi connectivity index (χ1n) is 8.93. The van der Waals surface area contributed by atoms with Gasteiger partial charge in [-0.25, -0.2) is 5.43 Å². The minimum Gasteiger partial charge on any atom is -0.490 e. The van der Waals surface area contributed by atoms with Gasteiger partial charge in [0.1, 0.15) is 0 Å². The Morgan fingerprint density at radius 3 is 2.44 bits per heavy atom. The van der Waals surface area contributed by atoms with Crippen molar-refractivity contribution in [2.75, 3.05) is 13.2 Å². The zero-order valence-corrected chi connectivity index (χ0v) is 15.4. The molecule has 0 saturated heterocycles. The largest absolute Gasteiger partial charge is 0.490 e. The standard InChI is InChI=1S/C22H22N2O3/c1-3-26-20-12-9-16(13-21(20)27-4-2)15-23-24-22(25)19-11-10-17-7-5-6-8-18(17)14-19/h5-15H,3-4H2,1-2H3,(H,24,25)/b23-15-. The van der Waals surface area contributed by atoms with Crippen LogP contribution in [0.25, 0.3) is 10.8 Å². The van der Waals surface area contributed by atoms with Crippen LogP contribution in [0.15, 0.2) is 65.8 Å². The average Bonchev–Trinajstić information content (AvgIpc) is 2.69. The summed E-state index contributed by atoms with van der Waals surface area (Å²) in [6, 6.07) is 19.0. The number of fused-ring (bicyclic) bond motifs is 1. The lowest BCUT2D eigenvalue weighted by Gasteiger charge is -2.11. The number of ether oxygens (including phenoxy) is 2. The minimum atomic E-state index is -0.257. The van der Waals surface area contributed by atoms with Crippen LogP contribution in [0.4, 0.5) is 0 Å². The van der Waals surface area contributed by atoms with E-state index in [0.717, 1.165) is 16.3 Å². The van der Waals surface area contributed by atoms with E-state index in [-0.39, 0.29) is 5.91 Å². The van der Waals surface area contributed by atoms with Crippen LogP contribution in [0.2, 0.25) is 0 Å². The lowest BCUT2D eigenvalue weighted by Crippen LogP contribution is -2.17. The van der Waals surface area contributed by atoms with Gasteiger partial charge in [0.15, 0.2) is 11.5 Å². The highest BCUT2D eigenvalue weighted by Crippen LogP contribution is 2.28. The summed E-state index contributed by atoms with van der Waals surface area (Å²) in [5, 5.41) is 6.16. The van der Waals surface area contributed by atoms with Crippen molar-refractivity contribution in [3.63, 3.8) is 0 Å². The van der Waals surface area contributed by atoms with Gasteiger partial charge in [0, 0.05) is 5.56 Å². The van der Waals surface area contributed by atoms with E-state index in [2.05, 4.69) is 10.5 Å². The molecule has 0 aliphatic carbocycles. The molecule has 1 N–H and O–H groups in total. The molecular formula is C22H22N2O3. The molecule has 0 radical (unpaired) electrons. The van der Waals surface area contributed by atoms with Gasteiger partial charge < -0.3 is 9.47 Å². The van der Waals surface area contributed by atoms with E-state index in [0.29, 0.717) is 30.3 Å². The molecule has 0 atom stereocenters. The third-order valence-electron chi connectivity index (χ3n) is 3.96. The number of carbonyl (C=O) groups is 1. The van der Waals surface area contributed by atoms with Crippen molar-refractivity contribution in [3.05, 3.63) is 71.8 Å². The van der Waals surface area contributed by atoms with Crippen LogP contribution < -0.4 is 14.9 Å². The summed E-state index contributed by atoms with van der Waals surface area (Å²) in [4.78, 5) is 12.3. The Bertz CT molecular complexity index is 967. The van der Waals surface area contributed by atoms with Crippen LogP contribution >= 0.6 is 0 Å². The Morgan fingerprint density at radius 2 is 1.67 bits per heavy atom. The highest BCUT2D eigenvalue weighted by Gasteiger charge is 2.07. The second kappa shape index (κ2) is 8.85. The van der Waals surface area contributed by atoms with Crippen molar-refractivity contribution in [1.29, 1.82) is 0 Å². The first-order valence-corrected chi connectivity index (χ1v) is 8.93. The first-order chi connectivity index (χ1) is 13.2. The average molecular weight is 362 g/mol. The van der Waals surface area contributed by atoms with Crippen molar-refractivity contribution in [3.8, 4) is 11.5 Å². The molecule has 0 saturated carbocycles. The highest BCUT2D eigenvalue weighted by molar-refractivity contribution is 5.99. The van der Waals surface area contributed by atoms with Crippen molar-refractivity contribution in [1.82, 2.24) is 5.43 Å². The third-order valence-corrected chi connectivity index (χ3v) is 3.96. The molecule has 0 spiro atoms. The second-order valence-corrected chi connectivity index (χ2v) is 5.83. The maximum Gasteiger partial charge on any atom is 0.271 e. The third kappa shape index (κ3) is 4.64. The van der Waals surface area contributed by atoms with Gasteiger partial charge in [-0.05, 0) is 60.5 Å². The predicted octanol–water partition coefficient (Wildman–Crippen LogP) is 4.40. The molecule has 0 aliphatic rings. The summed E-state index contributed by atoms with van der Waals surface area (Å²) in [6.45, 7) is 4.95. The molecule has 0 heterocycles. The van der Waals surface area contributed by atoms with Gasteiger partial charge in [-0.1, -0.05) is 30.3 Å². The Hall–Kier alpha value is -3.34. The van der Waals surface area contributed by atoms with Gasteiger partial charge in [0.25, 0.3) is 5.91 Å². The summed E-state index contributed by atoms with van der Waals surface area (Å²) >= 11 is 0. The first kappa shape index (κ1) is 18.5. The number of hydrazone groups is 1. The Morgan fingerprint density at radius 1 is 0.926 bits per heavy atom. The molecule has 3 aromatic carbocycles. The summed E-state index contributed by atoms with van der Waals surface area (Å²) < 4.78 is 11.1. The number of rotatable bonds is 7. The van der Waals surface area contributed by atoms with E-state index >= 15 is 0 Å². The molecular weight excluding hydrogens is 340 g/mol. The van der Waals surface area contributed by atoms with Gasteiger partial charge in [-0.15, -0.1) is 0 Å². The number of nitrogens with one attached hydrogen (secondary N) is 1. The molecule has 27 heavy (non-hydrogen) atoms. The molecule has 0 fully saturated rings. The van der Waals surface area contributed by atoms with E-state index < -0.39 is 0 Å². The van der Waals surface area contributed by atoms with Gasteiger partial charge in [0.05, 0.1) is 19.4 Å². The van der Waals surface area contributed by atoms with Crippen LogP contribution in [-0.4, -0.2) is 25.3 Å². The van der Waals surface area contributed by atoms with Crippen molar-refractivity contribution in [2.45, 2.75) is 13.8 Å². The fourth-order valence-electron chi connectivity index (χ4n) is 2.71. The van der Waals surface area contributed by atoms with E-state index in [4.69, 9.17) is 9.47 Å². The molecule has 138 valence electrons. The molecule has 5 heteroatoms. The summed E-state index contributed by atoms with van der Waals surface area (Å²) in [6.07, 6.45) is 1.58. The molecule has 0 aromatic heterocycles. The molecule has 0 bridgehead atoms. The maximum absolute atomic E-state index is 12.3. The SMILES string of the molecule is CCOc1ccc(/C=N\NC(=O)c2ccc3ccccc3c2)cc1OCC. The zero-order chi connectivity index (χ0) is 19.1. The monoisotopic (exact) mass is 362 g/mol. The van der Waals surface area contributed by atoms with Crippen LogP contribution in [0.1, 0.15) is 29.8 Å². The number of nitrogens with zero attached hydrogens (tertiary/aromatic N) is 1. The number of hydrogen-bond acceptors (Lipinski definition) is 4.